The molecule has 0 radical (unpaired) electrons. The second kappa shape index (κ2) is 6.81. The van der Waals surface area contributed by atoms with Gasteiger partial charge in [-0.05, 0) is 36.8 Å². The smallest absolute Gasteiger partial charge is 0.321 e. The van der Waals surface area contributed by atoms with Crippen molar-refractivity contribution in [3.8, 4) is 0 Å². The molecule has 4 nitrogen and oxygen atoms in total. The number of carbonyl (C=O) groups excluding carboxylic acids is 1. The SMILES string of the molecule is CCc1nc2ccc(C(F)(F)F)cn2c1C(=O)Nc1ccc(Cl)c(Cl)c1. The zero-order valence-corrected chi connectivity index (χ0v) is 14.9. The number of fused-ring (bicyclic) bond motifs is 1. The molecule has 2 aromatic heterocycles. The highest BCUT2D eigenvalue weighted by atomic mass is 35.5. The first-order valence-corrected chi connectivity index (χ1v) is 8.31. The molecule has 0 bridgehead atoms. The van der Waals surface area contributed by atoms with E-state index in [4.69, 9.17) is 23.2 Å². The van der Waals surface area contributed by atoms with Crippen molar-refractivity contribution >= 4 is 40.4 Å². The van der Waals surface area contributed by atoms with E-state index in [0.717, 1.165) is 16.7 Å². The predicted octanol–water partition coefficient (Wildman–Crippen LogP) is 5.47. The maximum absolute atomic E-state index is 13.0. The van der Waals surface area contributed by atoms with Gasteiger partial charge in [0.15, 0.2) is 0 Å². The third kappa shape index (κ3) is 3.50. The second-order valence-electron chi connectivity index (χ2n) is 5.49. The highest BCUT2D eigenvalue weighted by Gasteiger charge is 2.31. The molecule has 0 atom stereocenters. The van der Waals surface area contributed by atoms with Crippen LogP contribution in [0.15, 0.2) is 36.5 Å². The first kappa shape index (κ1) is 18.5. The fourth-order valence-electron chi connectivity index (χ4n) is 2.51. The maximum atomic E-state index is 13.0. The van der Waals surface area contributed by atoms with E-state index in [1.807, 2.05) is 0 Å². The molecule has 2 heterocycles. The van der Waals surface area contributed by atoms with Crippen molar-refractivity contribution in [1.29, 1.82) is 0 Å². The number of pyridine rings is 1. The minimum Gasteiger partial charge on any atom is -0.321 e. The summed E-state index contributed by atoms with van der Waals surface area (Å²) in [6.07, 6.45) is -3.28. The van der Waals surface area contributed by atoms with Gasteiger partial charge >= 0.3 is 6.18 Å². The summed E-state index contributed by atoms with van der Waals surface area (Å²) in [5, 5.41) is 3.18. The van der Waals surface area contributed by atoms with Crippen molar-refractivity contribution in [2.45, 2.75) is 19.5 Å². The Labute approximate surface area is 156 Å². The van der Waals surface area contributed by atoms with E-state index < -0.39 is 17.6 Å². The fourth-order valence-corrected chi connectivity index (χ4v) is 2.81. The van der Waals surface area contributed by atoms with Crippen molar-refractivity contribution in [3.05, 3.63) is 63.5 Å². The lowest BCUT2D eigenvalue weighted by atomic mass is 10.2. The number of nitrogens with zero attached hydrogens (tertiary/aromatic N) is 2. The van der Waals surface area contributed by atoms with Crippen LogP contribution >= 0.6 is 23.2 Å². The molecule has 0 aliphatic heterocycles. The Morgan fingerprint density at radius 2 is 1.92 bits per heavy atom. The van der Waals surface area contributed by atoms with Crippen molar-refractivity contribution in [1.82, 2.24) is 9.38 Å². The van der Waals surface area contributed by atoms with E-state index in [1.165, 1.54) is 18.2 Å². The molecular formula is C17H12Cl2F3N3O. The van der Waals surface area contributed by atoms with Gasteiger partial charge in [-0.25, -0.2) is 4.98 Å². The lowest BCUT2D eigenvalue weighted by Gasteiger charge is -2.10. The minimum absolute atomic E-state index is 0.0414. The van der Waals surface area contributed by atoms with Gasteiger partial charge in [0.25, 0.3) is 5.91 Å². The summed E-state index contributed by atoms with van der Waals surface area (Å²) in [6.45, 7) is 1.77. The zero-order valence-electron chi connectivity index (χ0n) is 13.4. The Morgan fingerprint density at radius 3 is 2.54 bits per heavy atom. The van der Waals surface area contributed by atoms with E-state index in [2.05, 4.69) is 10.3 Å². The number of hydrogen-bond donors (Lipinski definition) is 1. The standard InChI is InChI=1S/C17H12Cl2F3N3O/c1-2-13-15(16(26)23-10-4-5-11(18)12(19)7-10)25-8-9(17(20,21)22)3-6-14(25)24-13/h3-8H,2H2,1H3,(H,23,26). The monoisotopic (exact) mass is 401 g/mol. The van der Waals surface area contributed by atoms with Crippen molar-refractivity contribution in [2.75, 3.05) is 5.32 Å². The van der Waals surface area contributed by atoms with Crippen LogP contribution in [-0.2, 0) is 12.6 Å². The van der Waals surface area contributed by atoms with Gasteiger partial charge < -0.3 is 5.32 Å². The van der Waals surface area contributed by atoms with Crippen LogP contribution in [0.2, 0.25) is 10.0 Å². The number of carbonyl (C=O) groups is 1. The zero-order chi connectivity index (χ0) is 19.1. The van der Waals surface area contributed by atoms with Crippen LogP contribution in [0.25, 0.3) is 5.65 Å². The number of rotatable bonds is 3. The average molecular weight is 402 g/mol. The molecule has 9 heteroatoms. The molecule has 1 aromatic carbocycles. The largest absolute Gasteiger partial charge is 0.417 e. The van der Waals surface area contributed by atoms with Gasteiger partial charge in [-0.15, -0.1) is 0 Å². The van der Waals surface area contributed by atoms with Gasteiger partial charge in [-0.3, -0.25) is 9.20 Å². The fraction of sp³-hybridized carbons (Fsp3) is 0.176. The Kier molecular flexibility index (Phi) is 4.86. The lowest BCUT2D eigenvalue weighted by molar-refractivity contribution is -0.137. The number of nitrogens with one attached hydrogen (secondary N) is 1. The number of amides is 1. The summed E-state index contributed by atoms with van der Waals surface area (Å²) in [4.78, 5) is 16.9. The first-order valence-electron chi connectivity index (χ1n) is 7.55. The Morgan fingerprint density at radius 1 is 1.19 bits per heavy atom. The predicted molar refractivity (Wildman–Crippen MR) is 94.0 cm³/mol. The third-order valence-corrected chi connectivity index (χ3v) is 4.48. The molecule has 1 amide bonds. The van der Waals surface area contributed by atoms with Crippen LogP contribution < -0.4 is 5.32 Å². The molecule has 3 rings (SSSR count). The normalized spacial score (nSPS) is 11.8. The second-order valence-corrected chi connectivity index (χ2v) is 6.30. The first-order chi connectivity index (χ1) is 12.2. The van der Waals surface area contributed by atoms with E-state index in [9.17, 15) is 18.0 Å². The molecule has 26 heavy (non-hydrogen) atoms. The number of alkyl halides is 3. The van der Waals surface area contributed by atoms with Crippen LogP contribution in [0.1, 0.15) is 28.7 Å². The number of benzene rings is 1. The molecule has 0 fully saturated rings. The highest BCUT2D eigenvalue weighted by Crippen LogP contribution is 2.30. The van der Waals surface area contributed by atoms with E-state index in [0.29, 0.717) is 22.8 Å². The van der Waals surface area contributed by atoms with Crippen LogP contribution in [0.5, 0.6) is 0 Å². The summed E-state index contributed by atoms with van der Waals surface area (Å²) >= 11 is 11.8. The van der Waals surface area contributed by atoms with Crippen molar-refractivity contribution in [2.24, 2.45) is 0 Å². The number of aryl methyl sites for hydroxylation is 1. The molecule has 0 aliphatic carbocycles. The van der Waals surface area contributed by atoms with Gasteiger partial charge in [0.05, 0.1) is 21.3 Å². The molecule has 0 saturated heterocycles. The topological polar surface area (TPSA) is 46.4 Å². The molecular weight excluding hydrogens is 390 g/mol. The van der Waals surface area contributed by atoms with Gasteiger partial charge in [-0.2, -0.15) is 13.2 Å². The van der Waals surface area contributed by atoms with Crippen LogP contribution in [0.4, 0.5) is 18.9 Å². The third-order valence-electron chi connectivity index (χ3n) is 3.75. The van der Waals surface area contributed by atoms with E-state index in [1.54, 1.807) is 13.0 Å². The maximum Gasteiger partial charge on any atom is 0.417 e. The number of imidazole rings is 1. The summed E-state index contributed by atoms with van der Waals surface area (Å²) in [6, 6.07) is 6.68. The Hall–Kier alpha value is -2.25. The summed E-state index contributed by atoms with van der Waals surface area (Å²) < 4.78 is 40.2. The van der Waals surface area contributed by atoms with Crippen LogP contribution in [0.3, 0.4) is 0 Å². The molecule has 0 aliphatic rings. The minimum atomic E-state index is -4.53. The highest BCUT2D eigenvalue weighted by molar-refractivity contribution is 6.42. The van der Waals surface area contributed by atoms with E-state index >= 15 is 0 Å². The number of aromatic nitrogens is 2. The molecule has 0 spiro atoms. The van der Waals surface area contributed by atoms with E-state index in [-0.39, 0.29) is 16.4 Å². The quantitative estimate of drug-likeness (QED) is 0.631. The molecule has 0 saturated carbocycles. The number of anilines is 1. The average Bonchev–Trinajstić information content (AvgIpc) is 2.95. The number of halogens is 5. The lowest BCUT2D eigenvalue weighted by Crippen LogP contribution is -2.17. The van der Waals surface area contributed by atoms with Crippen molar-refractivity contribution in [3.63, 3.8) is 0 Å². The summed E-state index contributed by atoms with van der Waals surface area (Å²) in [7, 11) is 0. The molecule has 3 aromatic rings. The Balaban J connectivity index is 2.06. The van der Waals surface area contributed by atoms with Gasteiger partial charge in [-0.1, -0.05) is 30.1 Å². The number of hydrogen-bond acceptors (Lipinski definition) is 2. The molecule has 136 valence electrons. The van der Waals surface area contributed by atoms with Crippen molar-refractivity contribution < 1.29 is 18.0 Å². The Bertz CT molecular complexity index is 999. The van der Waals surface area contributed by atoms with Gasteiger partial charge in [0.1, 0.15) is 11.3 Å². The van der Waals surface area contributed by atoms with Crippen LogP contribution in [0, 0.1) is 0 Å². The summed E-state index contributed by atoms with van der Waals surface area (Å²) in [5.41, 5.74) is 0.192. The molecule has 1 N–H and O–H groups in total. The van der Waals surface area contributed by atoms with Crippen LogP contribution in [-0.4, -0.2) is 15.3 Å². The van der Waals surface area contributed by atoms with Gasteiger partial charge in [0.2, 0.25) is 0 Å². The summed E-state index contributed by atoms with van der Waals surface area (Å²) in [5.74, 6) is -0.591. The molecule has 0 unspecified atom stereocenters. The van der Waals surface area contributed by atoms with Gasteiger partial charge in [0, 0.05) is 11.9 Å².